The fraction of sp³-hybridized carbons (Fsp3) is 0.100. The molecule has 0 unspecified atom stereocenters. The molecule has 1 fully saturated rings. The molecule has 0 atom stereocenters. The summed E-state index contributed by atoms with van der Waals surface area (Å²) < 4.78 is 6.46. The zero-order valence-electron chi connectivity index (χ0n) is 14.5. The van der Waals surface area contributed by atoms with Crippen LogP contribution in [0.1, 0.15) is 11.1 Å². The van der Waals surface area contributed by atoms with E-state index in [9.17, 15) is 9.59 Å². The maximum atomic E-state index is 12.8. The topological polar surface area (TPSA) is 46.6 Å². The second-order valence-corrected chi connectivity index (χ2v) is 8.54. The van der Waals surface area contributed by atoms with E-state index in [0.717, 1.165) is 21.1 Å². The largest absolute Gasteiger partial charge is 0.489 e. The third-order valence-corrected chi connectivity index (χ3v) is 5.82. The first-order valence-corrected chi connectivity index (χ1v) is 10.5. The zero-order chi connectivity index (χ0) is 20.3. The van der Waals surface area contributed by atoms with Gasteiger partial charge in [-0.3, -0.25) is 14.5 Å². The van der Waals surface area contributed by atoms with Gasteiger partial charge in [-0.1, -0.05) is 57.9 Å². The molecule has 0 N–H and O–H groups in total. The van der Waals surface area contributed by atoms with Crippen molar-refractivity contribution in [3.8, 4) is 5.75 Å². The van der Waals surface area contributed by atoms with Crippen LogP contribution in [0.25, 0.3) is 6.08 Å². The maximum Gasteiger partial charge on any atom is 0.293 e. The molecule has 0 saturated carbocycles. The van der Waals surface area contributed by atoms with Crippen LogP contribution in [0.4, 0.5) is 4.79 Å². The van der Waals surface area contributed by atoms with E-state index in [-0.39, 0.29) is 17.7 Å². The number of thioether (sulfide) groups is 1. The first kappa shape index (κ1) is 21.0. The molecular formula is C20H14BrCl2NO3S. The highest BCUT2D eigenvalue weighted by Gasteiger charge is 2.35. The predicted molar refractivity (Wildman–Crippen MR) is 118 cm³/mol. The van der Waals surface area contributed by atoms with Crippen molar-refractivity contribution in [2.24, 2.45) is 0 Å². The minimum absolute atomic E-state index is 0.0797. The van der Waals surface area contributed by atoms with Crippen LogP contribution in [0.3, 0.4) is 0 Å². The monoisotopic (exact) mass is 497 g/mol. The van der Waals surface area contributed by atoms with Crippen molar-refractivity contribution >= 4 is 68.1 Å². The maximum absolute atomic E-state index is 12.8. The van der Waals surface area contributed by atoms with Gasteiger partial charge in [-0.25, -0.2) is 0 Å². The van der Waals surface area contributed by atoms with E-state index in [1.54, 1.807) is 36.4 Å². The lowest BCUT2D eigenvalue weighted by Crippen LogP contribution is -2.27. The van der Waals surface area contributed by atoms with E-state index in [4.69, 9.17) is 27.9 Å². The number of rotatable bonds is 6. The van der Waals surface area contributed by atoms with Gasteiger partial charge in [-0.05, 0) is 53.7 Å². The molecule has 1 heterocycles. The summed E-state index contributed by atoms with van der Waals surface area (Å²) in [7, 11) is 0. The average molecular weight is 499 g/mol. The zero-order valence-corrected chi connectivity index (χ0v) is 18.4. The molecule has 8 heteroatoms. The summed E-state index contributed by atoms with van der Waals surface area (Å²) in [5.74, 6) is 0.214. The van der Waals surface area contributed by atoms with Crippen molar-refractivity contribution in [3.63, 3.8) is 0 Å². The molecule has 4 nitrogen and oxygen atoms in total. The summed E-state index contributed by atoms with van der Waals surface area (Å²) in [4.78, 5) is 26.7. The number of ether oxygens (including phenoxy) is 1. The predicted octanol–water partition coefficient (Wildman–Crippen LogP) is 6.56. The van der Waals surface area contributed by atoms with Gasteiger partial charge in [0, 0.05) is 20.1 Å². The van der Waals surface area contributed by atoms with Crippen molar-refractivity contribution in [2.75, 3.05) is 6.61 Å². The van der Waals surface area contributed by atoms with Crippen molar-refractivity contribution in [3.05, 3.63) is 79.6 Å². The molecule has 1 aliphatic heterocycles. The van der Waals surface area contributed by atoms with E-state index in [1.165, 1.54) is 0 Å². The van der Waals surface area contributed by atoms with E-state index < -0.39 is 0 Å². The van der Waals surface area contributed by atoms with E-state index in [1.807, 2.05) is 12.1 Å². The first-order chi connectivity index (χ1) is 13.4. The Morgan fingerprint density at radius 2 is 1.96 bits per heavy atom. The molecular weight excluding hydrogens is 485 g/mol. The molecule has 3 rings (SSSR count). The lowest BCUT2D eigenvalue weighted by Gasteiger charge is -2.13. The van der Waals surface area contributed by atoms with Crippen LogP contribution >= 0.6 is 50.9 Å². The Balaban J connectivity index is 1.87. The molecule has 2 aromatic rings. The van der Waals surface area contributed by atoms with E-state index >= 15 is 0 Å². The molecule has 2 amide bonds. The number of nitrogens with zero attached hydrogens (tertiary/aromatic N) is 1. The Hall–Kier alpha value is -1.73. The molecule has 0 aliphatic carbocycles. The van der Waals surface area contributed by atoms with Gasteiger partial charge in [0.1, 0.15) is 12.4 Å². The SMILES string of the molecule is C=CCOc1ccc(Br)cc1/C=C1\SC(=O)N(Cc2ccc(Cl)cc2Cl)C1=O. The Bertz CT molecular complexity index is 993. The molecule has 0 aromatic heterocycles. The molecule has 0 radical (unpaired) electrons. The molecule has 0 bridgehead atoms. The summed E-state index contributed by atoms with van der Waals surface area (Å²) in [5.41, 5.74) is 1.33. The highest BCUT2D eigenvalue weighted by Crippen LogP contribution is 2.36. The minimum Gasteiger partial charge on any atom is -0.489 e. The number of hydrogen-bond acceptors (Lipinski definition) is 4. The number of hydrogen-bond donors (Lipinski definition) is 0. The van der Waals surface area contributed by atoms with Crippen LogP contribution in [0.2, 0.25) is 10.0 Å². The fourth-order valence-electron chi connectivity index (χ4n) is 2.51. The quantitative estimate of drug-likeness (QED) is 0.334. The van der Waals surface area contributed by atoms with Gasteiger partial charge in [0.15, 0.2) is 0 Å². The van der Waals surface area contributed by atoms with Crippen LogP contribution in [0, 0.1) is 0 Å². The van der Waals surface area contributed by atoms with Gasteiger partial charge in [0.05, 0.1) is 11.4 Å². The van der Waals surface area contributed by atoms with Gasteiger partial charge in [-0.2, -0.15) is 0 Å². The van der Waals surface area contributed by atoms with Crippen LogP contribution in [-0.4, -0.2) is 22.7 Å². The van der Waals surface area contributed by atoms with Crippen LogP contribution in [0.5, 0.6) is 5.75 Å². The summed E-state index contributed by atoms with van der Waals surface area (Å²) in [6, 6.07) is 10.4. The third kappa shape index (κ3) is 4.81. The fourth-order valence-corrected chi connectivity index (χ4v) is 4.19. The molecule has 28 heavy (non-hydrogen) atoms. The van der Waals surface area contributed by atoms with Crippen LogP contribution in [-0.2, 0) is 11.3 Å². The Labute approximate surface area is 185 Å². The summed E-state index contributed by atoms with van der Waals surface area (Å²) in [6.07, 6.45) is 3.28. The highest BCUT2D eigenvalue weighted by atomic mass is 79.9. The Morgan fingerprint density at radius 3 is 2.68 bits per heavy atom. The number of imide groups is 1. The van der Waals surface area contributed by atoms with Gasteiger partial charge in [-0.15, -0.1) is 0 Å². The number of benzene rings is 2. The highest BCUT2D eigenvalue weighted by molar-refractivity contribution is 9.10. The average Bonchev–Trinajstić information content (AvgIpc) is 2.90. The third-order valence-electron chi connectivity index (χ3n) is 3.83. The van der Waals surface area contributed by atoms with Crippen molar-refractivity contribution in [1.29, 1.82) is 0 Å². The number of halogens is 3. The van der Waals surface area contributed by atoms with Gasteiger partial charge in [0.25, 0.3) is 11.1 Å². The number of carbonyl (C=O) groups is 2. The lowest BCUT2D eigenvalue weighted by molar-refractivity contribution is -0.123. The Morgan fingerprint density at radius 1 is 1.18 bits per heavy atom. The normalized spacial score (nSPS) is 15.4. The second-order valence-electron chi connectivity index (χ2n) is 5.79. The minimum atomic E-state index is -0.379. The lowest BCUT2D eigenvalue weighted by atomic mass is 10.1. The van der Waals surface area contributed by atoms with Gasteiger partial charge < -0.3 is 4.74 Å². The molecule has 2 aromatic carbocycles. The molecule has 1 saturated heterocycles. The summed E-state index contributed by atoms with van der Waals surface area (Å²) in [6.45, 7) is 4.04. The van der Waals surface area contributed by atoms with Gasteiger partial charge in [0.2, 0.25) is 0 Å². The summed E-state index contributed by atoms with van der Waals surface area (Å²) >= 11 is 16.4. The van der Waals surface area contributed by atoms with Crippen molar-refractivity contribution < 1.29 is 14.3 Å². The van der Waals surface area contributed by atoms with Crippen LogP contribution < -0.4 is 4.74 Å². The van der Waals surface area contributed by atoms with E-state index in [2.05, 4.69) is 22.5 Å². The number of carbonyl (C=O) groups excluding carboxylic acids is 2. The first-order valence-electron chi connectivity index (χ1n) is 8.11. The van der Waals surface area contributed by atoms with Crippen molar-refractivity contribution in [2.45, 2.75) is 6.54 Å². The second kappa shape index (κ2) is 9.18. The van der Waals surface area contributed by atoms with Crippen LogP contribution in [0.15, 0.2) is 58.4 Å². The Kier molecular flexibility index (Phi) is 6.88. The van der Waals surface area contributed by atoms with Crippen molar-refractivity contribution in [1.82, 2.24) is 4.90 Å². The number of amides is 2. The standard InChI is InChI=1S/C20H14BrCl2NO3S/c1-2-7-27-17-6-4-14(21)8-13(17)9-18-19(25)24(20(26)28-18)11-12-3-5-15(22)10-16(12)23/h2-6,8-10H,1,7,11H2/b18-9-. The molecule has 0 spiro atoms. The smallest absolute Gasteiger partial charge is 0.293 e. The van der Waals surface area contributed by atoms with E-state index in [0.29, 0.717) is 38.4 Å². The molecule has 144 valence electrons. The molecule has 1 aliphatic rings. The van der Waals surface area contributed by atoms with Gasteiger partial charge >= 0.3 is 0 Å². The summed E-state index contributed by atoms with van der Waals surface area (Å²) in [5, 5.41) is 0.540.